The zero-order valence-electron chi connectivity index (χ0n) is 52.9. The molecule has 13 rings (SSSR count). The Balaban J connectivity index is 0.000000134. The number of nitrogens with zero attached hydrogens (tertiary/aromatic N) is 17. The minimum atomic E-state index is -0.327. The number of aromatic nitrogens is 9. The van der Waals surface area contributed by atoms with Crippen molar-refractivity contribution in [2.45, 2.75) is 65.2 Å². The lowest BCUT2D eigenvalue weighted by Gasteiger charge is -2.38. The fraction of sp³-hybridized carbons (Fsp3) is 0.400. The van der Waals surface area contributed by atoms with E-state index in [-0.39, 0.29) is 35.4 Å². The minimum Gasteiger partial charge on any atom is -0.382 e. The highest BCUT2D eigenvalue weighted by Gasteiger charge is 2.33. The molecule has 5 aromatic heterocycles. The molecule has 1 aliphatic carbocycles. The molecule has 16 N–H and O–H groups in total. The lowest BCUT2D eigenvalue weighted by molar-refractivity contribution is 0.614. The van der Waals surface area contributed by atoms with Crippen LogP contribution in [0, 0.1) is 11.6 Å². The number of anilines is 16. The van der Waals surface area contributed by atoms with Crippen LogP contribution in [-0.4, -0.2) is 150 Å². The second-order valence-corrected chi connectivity index (χ2v) is 23.1. The highest BCUT2D eigenvalue weighted by Crippen LogP contribution is 2.45. The third-order valence-corrected chi connectivity index (χ3v) is 16.9. The summed E-state index contributed by atoms with van der Waals surface area (Å²) in [6.45, 7) is 20.0. The Labute approximate surface area is 536 Å². The van der Waals surface area contributed by atoms with Gasteiger partial charge in [-0.05, 0) is 92.8 Å². The first-order valence-electron chi connectivity index (χ1n) is 31.7. The van der Waals surface area contributed by atoms with Crippen molar-refractivity contribution in [1.82, 2.24) is 44.9 Å². The smallest absolute Gasteiger partial charge is 0.222 e. The Kier molecular flexibility index (Phi) is 21.2. The summed E-state index contributed by atoms with van der Waals surface area (Å²) in [7, 11) is 0. The predicted molar refractivity (Wildman–Crippen MR) is 369 cm³/mol. The number of pyridine rings is 1. The molecule has 25 nitrogen and oxygen atoms in total. The van der Waals surface area contributed by atoms with Crippen molar-refractivity contribution < 1.29 is 8.78 Å². The van der Waals surface area contributed by atoms with Crippen LogP contribution in [0.3, 0.4) is 0 Å². The summed E-state index contributed by atoms with van der Waals surface area (Å²) in [5.41, 5.74) is 58.4. The summed E-state index contributed by atoms with van der Waals surface area (Å²) in [6.07, 6.45) is 6.96. The van der Waals surface area contributed by atoms with E-state index in [0.717, 1.165) is 187 Å². The number of benzene rings is 3. The van der Waals surface area contributed by atoms with Gasteiger partial charge in [-0.25, -0.2) is 33.7 Å². The molecule has 8 aromatic rings. The molecule has 486 valence electrons. The predicted octanol–water partition coefficient (Wildman–Crippen LogP) is 6.50. The average Bonchev–Trinajstić information content (AvgIpc) is 1.47. The first-order valence-corrected chi connectivity index (χ1v) is 31.7. The van der Waals surface area contributed by atoms with Gasteiger partial charge in [0.1, 0.15) is 40.2 Å². The normalized spacial score (nSPS) is 15.8. The molecule has 4 saturated heterocycles. The second-order valence-electron chi connectivity index (χ2n) is 23.1. The van der Waals surface area contributed by atoms with Crippen molar-refractivity contribution in [2.75, 3.05) is 190 Å². The van der Waals surface area contributed by atoms with Gasteiger partial charge in [0.15, 0.2) is 23.3 Å². The Morgan fingerprint density at radius 3 is 1.08 bits per heavy atom. The van der Waals surface area contributed by atoms with Crippen LogP contribution in [0.25, 0.3) is 0 Å². The van der Waals surface area contributed by atoms with Crippen molar-refractivity contribution in [3.8, 4) is 0 Å². The molecule has 0 radical (unpaired) electrons. The Bertz CT molecular complexity index is 3550. The van der Waals surface area contributed by atoms with Gasteiger partial charge < -0.3 is 85.1 Å². The van der Waals surface area contributed by atoms with Gasteiger partial charge in [0.05, 0.1) is 29.0 Å². The molecule has 9 heterocycles. The highest BCUT2D eigenvalue weighted by atomic mass is 19.1. The molecule has 1 saturated carbocycles. The molecule has 5 aliphatic rings. The van der Waals surface area contributed by atoms with Gasteiger partial charge in [-0.15, -0.1) is 0 Å². The molecule has 27 heteroatoms. The number of halogens is 2. The lowest BCUT2D eigenvalue weighted by Crippen LogP contribution is -2.47. The van der Waals surface area contributed by atoms with E-state index in [1.807, 2.05) is 38.1 Å². The Hall–Kier alpha value is -10.2. The quantitative estimate of drug-likeness (QED) is 0.0610. The van der Waals surface area contributed by atoms with Crippen molar-refractivity contribution in [3.05, 3.63) is 138 Å². The van der Waals surface area contributed by atoms with E-state index in [4.69, 9.17) is 45.9 Å². The van der Waals surface area contributed by atoms with Gasteiger partial charge in [0.25, 0.3) is 0 Å². The van der Waals surface area contributed by atoms with E-state index in [2.05, 4.69) is 140 Å². The van der Waals surface area contributed by atoms with Gasteiger partial charge in [-0.3, -0.25) is 0 Å². The van der Waals surface area contributed by atoms with E-state index in [9.17, 15) is 8.78 Å². The summed E-state index contributed by atoms with van der Waals surface area (Å²) >= 11 is 0. The first-order chi connectivity index (χ1) is 44.6. The van der Waals surface area contributed by atoms with Crippen LogP contribution >= 0.6 is 0 Å². The van der Waals surface area contributed by atoms with Crippen LogP contribution in [0.5, 0.6) is 0 Å². The van der Waals surface area contributed by atoms with Gasteiger partial charge in [-0.2, -0.15) is 19.9 Å². The number of rotatable bonds is 13. The molecular weight excluding hydrogens is 1170 g/mol. The number of hydrogen-bond acceptors (Lipinski definition) is 25. The molecule has 0 bridgehead atoms. The van der Waals surface area contributed by atoms with E-state index in [0.29, 0.717) is 29.2 Å². The maximum atomic E-state index is 13.0. The number of hydrogen-bond donors (Lipinski definition) is 8. The summed E-state index contributed by atoms with van der Waals surface area (Å²) in [5.74, 6) is 3.58. The standard InChI is InChI=1S/C17H22N6.C17H24N6.C16H21FN6.C15H20FN7/c18-16-15(14(12-6-7-12)20-17(19)21-16)23-10-8-22(9-11-23)13-4-2-1-3-5-13;1-2-6-14-15(16(18)21-17(19)20-14)23-11-9-22(10-12-23)13-7-4-3-5-8-13;1-2-13-14(15(18)21-16(19)20-13)23-9-7-22(8-10-23)12-5-3-11(17)4-6-12;1-2-11-13(14(17)21-15(18)20-11)23-7-5-22(6-8-23)12-4-3-10(16)9-19-12/h1-5,12H,6-11H2,(H4,18,19,20,21);3-5,7-8H,2,6,9-12H2,1H3,(H4,18,19,20,21);3-6H,2,7-10H2,1H3,(H4,18,19,20,21);3-4,9H,2,5-8H2,1H3,(H4,17,18,20,21). The highest BCUT2D eigenvalue weighted by molar-refractivity contribution is 5.72. The largest absolute Gasteiger partial charge is 0.382 e. The molecular formula is C65H87F2N25. The third-order valence-electron chi connectivity index (χ3n) is 16.9. The van der Waals surface area contributed by atoms with Crippen molar-refractivity contribution in [3.63, 3.8) is 0 Å². The summed E-state index contributed by atoms with van der Waals surface area (Å²) in [5, 5.41) is 0. The fourth-order valence-electron chi connectivity index (χ4n) is 12.2. The van der Waals surface area contributed by atoms with E-state index < -0.39 is 0 Å². The van der Waals surface area contributed by atoms with Gasteiger partial charge >= 0.3 is 0 Å². The van der Waals surface area contributed by atoms with Crippen molar-refractivity contribution in [1.29, 1.82) is 0 Å². The number of nitrogen functional groups attached to an aromatic ring is 8. The Morgan fingerprint density at radius 2 is 0.696 bits per heavy atom. The topological polar surface area (TPSA) is 350 Å². The SMILES string of the molecule is CCCc1nc(N)nc(N)c1N1CCN(c2ccccc2)CC1.CCc1nc(N)nc(N)c1N1CCN(c2ccc(F)cc2)CC1.CCc1nc(N)nc(N)c1N1CCN(c2ccc(F)cn2)CC1.Nc1nc(N)c(N2CCN(c3ccccc3)CC2)c(C2CC2)n1. The van der Waals surface area contributed by atoms with Crippen molar-refractivity contribution >= 4 is 92.7 Å². The third kappa shape index (κ3) is 16.0. The summed E-state index contributed by atoms with van der Waals surface area (Å²) in [6, 6.07) is 30.8. The average molecular weight is 1260 g/mol. The molecule has 0 spiro atoms. The van der Waals surface area contributed by atoms with Crippen LogP contribution in [0.2, 0.25) is 0 Å². The van der Waals surface area contributed by atoms with E-state index in [1.54, 1.807) is 6.07 Å². The van der Waals surface area contributed by atoms with Crippen LogP contribution in [-0.2, 0) is 19.3 Å². The minimum absolute atomic E-state index is 0.206. The maximum absolute atomic E-state index is 13.0. The summed E-state index contributed by atoms with van der Waals surface area (Å²) < 4.78 is 26.0. The molecule has 0 amide bonds. The molecule has 5 fully saturated rings. The molecule has 0 atom stereocenters. The number of aryl methyl sites for hydroxylation is 3. The molecule has 92 heavy (non-hydrogen) atoms. The summed E-state index contributed by atoms with van der Waals surface area (Å²) in [4.78, 5) is 56.3. The van der Waals surface area contributed by atoms with Gasteiger partial charge in [-0.1, -0.05) is 63.6 Å². The lowest BCUT2D eigenvalue weighted by atomic mass is 10.1. The second kappa shape index (κ2) is 30.1. The molecule has 0 unspecified atom stereocenters. The van der Waals surface area contributed by atoms with Crippen LogP contribution < -0.4 is 85.1 Å². The zero-order valence-corrected chi connectivity index (χ0v) is 52.9. The maximum Gasteiger partial charge on any atom is 0.222 e. The zero-order chi connectivity index (χ0) is 64.8. The fourth-order valence-corrected chi connectivity index (χ4v) is 12.2. The van der Waals surface area contributed by atoms with Gasteiger partial charge in [0.2, 0.25) is 23.8 Å². The first kappa shape index (κ1) is 64.8. The van der Waals surface area contributed by atoms with Crippen molar-refractivity contribution in [2.24, 2.45) is 0 Å². The van der Waals surface area contributed by atoms with E-state index in [1.165, 1.54) is 48.6 Å². The van der Waals surface area contributed by atoms with Gasteiger partial charge in [0, 0.05) is 128 Å². The number of nitrogens with two attached hydrogens (primary N) is 8. The van der Waals surface area contributed by atoms with Crippen LogP contribution in [0.4, 0.5) is 101 Å². The number of para-hydroxylation sites is 2. The molecule has 3 aromatic carbocycles. The van der Waals surface area contributed by atoms with E-state index >= 15 is 0 Å². The van der Waals surface area contributed by atoms with Crippen LogP contribution in [0.15, 0.2) is 103 Å². The Morgan fingerprint density at radius 1 is 0.359 bits per heavy atom. The monoisotopic (exact) mass is 1260 g/mol. The van der Waals surface area contributed by atoms with Crippen LogP contribution in [0.1, 0.15) is 68.7 Å². The molecule has 4 aliphatic heterocycles. The number of piperazine rings is 4.